The Kier molecular flexibility index (Phi) is 3.03. The molecule has 6 heteroatoms. The van der Waals surface area contributed by atoms with Gasteiger partial charge in [-0.1, -0.05) is 12.1 Å². The van der Waals surface area contributed by atoms with Gasteiger partial charge in [-0.3, -0.25) is 0 Å². The third-order valence-corrected chi connectivity index (χ3v) is 1.67. The Bertz CT molecular complexity index is 358. The SMILES string of the molecule is N/N=C(\NN)c1ccc(C(=O)O)cc1. The van der Waals surface area contributed by atoms with E-state index in [0.717, 1.165) is 0 Å². The maximum Gasteiger partial charge on any atom is 0.335 e. The predicted molar refractivity (Wildman–Crippen MR) is 51.4 cm³/mol. The number of hydrazine groups is 1. The minimum absolute atomic E-state index is 0.196. The van der Waals surface area contributed by atoms with Crippen LogP contribution < -0.4 is 17.1 Å². The number of hydrazone groups is 1. The van der Waals surface area contributed by atoms with Crippen LogP contribution in [0.25, 0.3) is 0 Å². The summed E-state index contributed by atoms with van der Waals surface area (Å²) in [4.78, 5) is 10.5. The summed E-state index contributed by atoms with van der Waals surface area (Å²) in [5.41, 5.74) is 3.12. The van der Waals surface area contributed by atoms with Crippen molar-refractivity contribution in [3.63, 3.8) is 0 Å². The number of hydrogen-bond donors (Lipinski definition) is 4. The summed E-state index contributed by atoms with van der Waals surface area (Å²) >= 11 is 0. The van der Waals surface area contributed by atoms with Crippen molar-refractivity contribution >= 4 is 11.8 Å². The van der Waals surface area contributed by atoms with Gasteiger partial charge in [-0.15, -0.1) is 0 Å². The number of carboxylic acid groups (broad SMARTS) is 1. The number of amidine groups is 1. The summed E-state index contributed by atoms with van der Waals surface area (Å²) in [6, 6.07) is 6.02. The standard InChI is InChI=1S/C8H10N4O2/c9-11-7(12-10)5-1-3-6(4-2-5)8(13)14/h1-4H,9-10H2,(H,11,12)(H,13,14). The first-order valence-corrected chi connectivity index (χ1v) is 3.77. The van der Waals surface area contributed by atoms with Crippen LogP contribution in [0.2, 0.25) is 0 Å². The van der Waals surface area contributed by atoms with Crippen LogP contribution in [0.4, 0.5) is 0 Å². The highest BCUT2D eigenvalue weighted by atomic mass is 16.4. The van der Waals surface area contributed by atoms with Crippen molar-refractivity contribution in [3.05, 3.63) is 35.4 Å². The fourth-order valence-corrected chi connectivity index (χ4v) is 0.966. The molecule has 0 atom stereocenters. The van der Waals surface area contributed by atoms with Crippen LogP contribution in [-0.4, -0.2) is 16.9 Å². The van der Waals surface area contributed by atoms with E-state index in [1.54, 1.807) is 12.1 Å². The fourth-order valence-electron chi connectivity index (χ4n) is 0.966. The molecule has 0 heterocycles. The Hall–Kier alpha value is -2.08. The van der Waals surface area contributed by atoms with Crippen molar-refractivity contribution in [1.29, 1.82) is 0 Å². The molecule has 6 N–H and O–H groups in total. The van der Waals surface area contributed by atoms with E-state index >= 15 is 0 Å². The van der Waals surface area contributed by atoms with Crippen LogP contribution >= 0.6 is 0 Å². The number of carboxylic acids is 1. The molecule has 0 fully saturated rings. The average Bonchev–Trinajstić information content (AvgIpc) is 2.20. The lowest BCUT2D eigenvalue weighted by Crippen LogP contribution is -2.32. The lowest BCUT2D eigenvalue weighted by atomic mass is 10.1. The number of nitrogens with one attached hydrogen (secondary N) is 1. The zero-order valence-corrected chi connectivity index (χ0v) is 7.27. The summed E-state index contributed by atoms with van der Waals surface area (Å²) in [5, 5.41) is 12.0. The van der Waals surface area contributed by atoms with Gasteiger partial charge in [0, 0.05) is 5.56 Å². The first kappa shape index (κ1) is 10.0. The Morgan fingerprint density at radius 1 is 1.29 bits per heavy atom. The van der Waals surface area contributed by atoms with Gasteiger partial charge in [0.2, 0.25) is 0 Å². The van der Waals surface area contributed by atoms with E-state index in [1.165, 1.54) is 12.1 Å². The molecule has 0 aliphatic rings. The van der Waals surface area contributed by atoms with Crippen LogP contribution in [0.1, 0.15) is 15.9 Å². The molecular weight excluding hydrogens is 184 g/mol. The van der Waals surface area contributed by atoms with E-state index in [0.29, 0.717) is 11.4 Å². The predicted octanol–water partition coefficient (Wildman–Crippen LogP) is -0.532. The molecule has 1 aromatic rings. The summed E-state index contributed by atoms with van der Waals surface area (Å²) < 4.78 is 0. The largest absolute Gasteiger partial charge is 0.478 e. The third kappa shape index (κ3) is 1.99. The van der Waals surface area contributed by atoms with Crippen molar-refractivity contribution in [1.82, 2.24) is 5.43 Å². The zero-order valence-electron chi connectivity index (χ0n) is 7.27. The highest BCUT2D eigenvalue weighted by Crippen LogP contribution is 2.04. The van der Waals surface area contributed by atoms with Crippen molar-refractivity contribution in [2.24, 2.45) is 16.8 Å². The van der Waals surface area contributed by atoms with Crippen LogP contribution in [0, 0.1) is 0 Å². The molecule has 0 saturated carbocycles. The van der Waals surface area contributed by atoms with Gasteiger partial charge in [-0.2, -0.15) is 5.10 Å². The number of nitrogens with two attached hydrogens (primary N) is 2. The summed E-state index contributed by atoms with van der Waals surface area (Å²) in [6.45, 7) is 0. The number of aromatic carboxylic acids is 1. The second kappa shape index (κ2) is 4.24. The molecule has 0 saturated heterocycles. The number of nitrogens with zero attached hydrogens (tertiary/aromatic N) is 1. The molecule has 0 spiro atoms. The smallest absolute Gasteiger partial charge is 0.335 e. The van der Waals surface area contributed by atoms with Crippen LogP contribution in [-0.2, 0) is 0 Å². The number of benzene rings is 1. The number of carbonyl (C=O) groups is 1. The van der Waals surface area contributed by atoms with Crippen LogP contribution in [0.5, 0.6) is 0 Å². The highest BCUT2D eigenvalue weighted by Gasteiger charge is 2.04. The molecule has 0 radical (unpaired) electrons. The number of rotatable bonds is 2. The second-order valence-corrected chi connectivity index (χ2v) is 2.50. The van der Waals surface area contributed by atoms with Crippen molar-refractivity contribution < 1.29 is 9.90 Å². The Labute approximate surface area is 80.2 Å². The van der Waals surface area contributed by atoms with E-state index in [1.807, 2.05) is 0 Å². The van der Waals surface area contributed by atoms with E-state index in [-0.39, 0.29) is 5.56 Å². The van der Waals surface area contributed by atoms with E-state index in [9.17, 15) is 4.79 Å². The molecule has 0 bridgehead atoms. The van der Waals surface area contributed by atoms with Gasteiger partial charge in [-0.05, 0) is 12.1 Å². The summed E-state index contributed by atoms with van der Waals surface area (Å²) in [5.74, 6) is 9.49. The maximum atomic E-state index is 10.5. The van der Waals surface area contributed by atoms with Gasteiger partial charge in [0.05, 0.1) is 5.56 Å². The Morgan fingerprint density at radius 3 is 2.14 bits per heavy atom. The van der Waals surface area contributed by atoms with Gasteiger partial charge in [0.25, 0.3) is 0 Å². The molecule has 1 rings (SSSR count). The monoisotopic (exact) mass is 194 g/mol. The van der Waals surface area contributed by atoms with Gasteiger partial charge in [0.15, 0.2) is 5.84 Å². The zero-order chi connectivity index (χ0) is 10.6. The van der Waals surface area contributed by atoms with Gasteiger partial charge < -0.3 is 16.4 Å². The first-order valence-electron chi connectivity index (χ1n) is 3.77. The third-order valence-electron chi connectivity index (χ3n) is 1.67. The average molecular weight is 194 g/mol. The van der Waals surface area contributed by atoms with Crippen molar-refractivity contribution in [2.45, 2.75) is 0 Å². The summed E-state index contributed by atoms with van der Waals surface area (Å²) in [6.07, 6.45) is 0. The number of hydrogen-bond acceptors (Lipinski definition) is 4. The summed E-state index contributed by atoms with van der Waals surface area (Å²) in [7, 11) is 0. The molecule has 0 aliphatic carbocycles. The van der Waals surface area contributed by atoms with Crippen molar-refractivity contribution in [3.8, 4) is 0 Å². The van der Waals surface area contributed by atoms with E-state index < -0.39 is 5.97 Å². The van der Waals surface area contributed by atoms with E-state index in [4.69, 9.17) is 16.8 Å². The molecule has 74 valence electrons. The Balaban J connectivity index is 2.99. The molecule has 14 heavy (non-hydrogen) atoms. The minimum Gasteiger partial charge on any atom is -0.478 e. The highest BCUT2D eigenvalue weighted by molar-refractivity contribution is 5.99. The topological polar surface area (TPSA) is 114 Å². The normalized spacial score (nSPS) is 11.1. The van der Waals surface area contributed by atoms with Crippen molar-refractivity contribution in [2.75, 3.05) is 0 Å². The molecule has 0 aliphatic heterocycles. The molecular formula is C8H10N4O2. The first-order chi connectivity index (χ1) is 6.69. The molecule has 6 nitrogen and oxygen atoms in total. The quantitative estimate of drug-likeness (QED) is 0.219. The lowest BCUT2D eigenvalue weighted by molar-refractivity contribution is 0.0697. The molecule has 0 unspecified atom stereocenters. The molecule has 0 amide bonds. The molecule has 0 aromatic heterocycles. The van der Waals surface area contributed by atoms with Gasteiger partial charge in [0.1, 0.15) is 0 Å². The molecule has 1 aromatic carbocycles. The van der Waals surface area contributed by atoms with Crippen LogP contribution in [0.3, 0.4) is 0 Å². The fraction of sp³-hybridized carbons (Fsp3) is 0. The lowest BCUT2D eigenvalue weighted by Gasteiger charge is -2.03. The van der Waals surface area contributed by atoms with Gasteiger partial charge in [-0.25, -0.2) is 10.6 Å². The second-order valence-electron chi connectivity index (χ2n) is 2.50. The van der Waals surface area contributed by atoms with Crippen LogP contribution in [0.15, 0.2) is 29.4 Å². The van der Waals surface area contributed by atoms with Gasteiger partial charge >= 0.3 is 5.97 Å². The minimum atomic E-state index is -0.983. The maximum absolute atomic E-state index is 10.5. The van der Waals surface area contributed by atoms with E-state index in [2.05, 4.69) is 10.5 Å². The Morgan fingerprint density at radius 2 is 1.79 bits per heavy atom.